The van der Waals surface area contributed by atoms with E-state index in [-0.39, 0.29) is 17.1 Å². The molecule has 4 rings (SSSR count). The summed E-state index contributed by atoms with van der Waals surface area (Å²) in [5.41, 5.74) is 3.75. The maximum atomic E-state index is 12.3. The van der Waals surface area contributed by atoms with Crippen LogP contribution in [-0.4, -0.2) is 23.1 Å². The van der Waals surface area contributed by atoms with Crippen LogP contribution in [0.2, 0.25) is 0 Å². The lowest BCUT2D eigenvalue weighted by molar-refractivity contribution is -0.122. The molecule has 1 amide bonds. The van der Waals surface area contributed by atoms with E-state index in [9.17, 15) is 14.4 Å². The van der Waals surface area contributed by atoms with E-state index in [0.29, 0.717) is 28.7 Å². The molecule has 0 radical (unpaired) electrons. The van der Waals surface area contributed by atoms with Crippen LogP contribution in [0.4, 0.5) is 0 Å². The van der Waals surface area contributed by atoms with Crippen molar-refractivity contribution >= 4 is 41.0 Å². The molecular formula is C28H26N2O4S. The quantitative estimate of drug-likeness (QED) is 0.354. The van der Waals surface area contributed by atoms with Crippen molar-refractivity contribution in [2.45, 2.75) is 32.8 Å². The molecule has 2 aromatic carbocycles. The second-order valence-electron chi connectivity index (χ2n) is 9.28. The highest BCUT2D eigenvalue weighted by molar-refractivity contribution is 8.18. The summed E-state index contributed by atoms with van der Waals surface area (Å²) in [4.78, 5) is 39.8. The van der Waals surface area contributed by atoms with E-state index in [1.165, 1.54) is 29.5 Å². The molecule has 1 saturated heterocycles. The third-order valence-corrected chi connectivity index (χ3v) is 6.43. The summed E-state index contributed by atoms with van der Waals surface area (Å²) in [6.45, 7) is 7.05. The molecule has 1 N–H and O–H groups in total. The first-order valence-electron chi connectivity index (χ1n) is 11.2. The van der Waals surface area contributed by atoms with Crippen molar-refractivity contribution in [1.29, 1.82) is 0 Å². The number of nitrogens with one attached hydrogen (secondary N) is 1. The minimum atomic E-state index is -0.763. The number of carbonyl (C=O) groups is 3. The first-order valence-corrected chi connectivity index (χ1v) is 12.0. The molecule has 0 aromatic heterocycles. The van der Waals surface area contributed by atoms with Gasteiger partial charge in [0.15, 0.2) is 11.0 Å². The molecule has 0 spiro atoms. The van der Waals surface area contributed by atoms with Crippen LogP contribution in [0.25, 0.3) is 6.08 Å². The zero-order valence-corrected chi connectivity index (χ0v) is 20.6. The minimum Gasteiger partial charge on any atom is -0.489 e. The number of allylic oxidation sites excluding steroid dienone is 3. The van der Waals surface area contributed by atoms with Crippen LogP contribution in [0.15, 0.2) is 82.4 Å². The van der Waals surface area contributed by atoms with E-state index in [1.54, 1.807) is 12.2 Å². The number of benzene rings is 2. The first-order chi connectivity index (χ1) is 16.7. The molecule has 35 heavy (non-hydrogen) atoms. The molecule has 0 bridgehead atoms. The summed E-state index contributed by atoms with van der Waals surface area (Å²) >= 11 is 1.19. The van der Waals surface area contributed by atoms with Gasteiger partial charge in [-0.1, -0.05) is 63.2 Å². The number of amidine groups is 1. The fourth-order valence-electron chi connectivity index (χ4n) is 3.45. The molecule has 1 aliphatic heterocycles. The Labute approximate surface area is 208 Å². The van der Waals surface area contributed by atoms with Crippen LogP contribution < -0.4 is 10.1 Å². The molecule has 178 valence electrons. The third-order valence-electron chi connectivity index (χ3n) is 5.52. The lowest BCUT2D eigenvalue weighted by Gasteiger charge is -2.19. The Hall–Kier alpha value is -3.71. The molecular weight excluding hydrogens is 460 g/mol. The summed E-state index contributed by atoms with van der Waals surface area (Å²) in [6, 6.07) is 16.0. The summed E-state index contributed by atoms with van der Waals surface area (Å²) in [5, 5.41) is 3.08. The van der Waals surface area contributed by atoms with E-state index in [0.717, 1.165) is 16.9 Å². The van der Waals surface area contributed by atoms with Gasteiger partial charge in [-0.2, -0.15) is 0 Å². The van der Waals surface area contributed by atoms with Crippen molar-refractivity contribution < 1.29 is 19.1 Å². The predicted octanol–water partition coefficient (Wildman–Crippen LogP) is 4.96. The molecule has 2 aromatic rings. The summed E-state index contributed by atoms with van der Waals surface area (Å²) < 4.78 is 5.90. The fraction of sp³-hybridized carbons (Fsp3) is 0.214. The van der Waals surface area contributed by atoms with Crippen molar-refractivity contribution in [3.05, 3.63) is 94.1 Å². The molecule has 2 aliphatic rings. The van der Waals surface area contributed by atoms with Gasteiger partial charge in [-0.15, -0.1) is 0 Å². The number of rotatable bonds is 6. The van der Waals surface area contributed by atoms with Crippen molar-refractivity contribution in [3.8, 4) is 5.75 Å². The van der Waals surface area contributed by atoms with Crippen LogP contribution in [0.3, 0.4) is 0 Å². The number of amides is 1. The molecule has 1 aliphatic carbocycles. The van der Waals surface area contributed by atoms with Crippen LogP contribution in [0, 0.1) is 5.92 Å². The van der Waals surface area contributed by atoms with E-state index >= 15 is 0 Å². The zero-order chi connectivity index (χ0) is 25.0. The normalized spacial score (nSPS) is 20.2. The Morgan fingerprint density at radius 2 is 1.77 bits per heavy atom. The van der Waals surface area contributed by atoms with Gasteiger partial charge in [0.2, 0.25) is 0 Å². The van der Waals surface area contributed by atoms with Gasteiger partial charge in [-0.05, 0) is 58.2 Å². The fourth-order valence-corrected chi connectivity index (χ4v) is 4.29. The number of hydrogen-bond donors (Lipinski definition) is 1. The topological polar surface area (TPSA) is 84.8 Å². The number of ether oxygens (including phenoxy) is 1. The van der Waals surface area contributed by atoms with E-state index in [4.69, 9.17) is 4.74 Å². The summed E-state index contributed by atoms with van der Waals surface area (Å²) in [7, 11) is 0. The van der Waals surface area contributed by atoms with E-state index in [1.807, 2.05) is 24.3 Å². The maximum Gasteiger partial charge on any atom is 0.264 e. The number of hydrogen-bond acceptors (Lipinski definition) is 6. The number of thioether (sulfide) groups is 1. The van der Waals surface area contributed by atoms with Gasteiger partial charge < -0.3 is 14.8 Å². The van der Waals surface area contributed by atoms with Crippen molar-refractivity contribution in [1.82, 2.24) is 5.32 Å². The summed E-state index contributed by atoms with van der Waals surface area (Å²) in [5.74, 6) is -0.602. The predicted molar refractivity (Wildman–Crippen MR) is 139 cm³/mol. The molecule has 7 heteroatoms. The number of carbonyl (C=O) groups excluding carboxylic acids is 3. The smallest absolute Gasteiger partial charge is 0.264 e. The number of aliphatic imine (C=N–C) groups is 1. The standard InChI is InChI=1S/C28H26N2O4S/c1-28(2,3)21-9-4-19(5-10-21)17-34-23-12-6-18(7-13-23)14-25-26(33)30-27(35-25)29-22-11-8-20(16-31)24(32)15-22/h4-16,20H,17H2,1-3H3,(H,29,30,33). The number of nitrogens with zero attached hydrogens (tertiary/aromatic N) is 1. The molecule has 1 heterocycles. The van der Waals surface area contributed by atoms with Crippen molar-refractivity contribution in [2.24, 2.45) is 10.9 Å². The highest BCUT2D eigenvalue weighted by Gasteiger charge is 2.25. The van der Waals surface area contributed by atoms with Gasteiger partial charge in [-0.25, -0.2) is 4.99 Å². The second-order valence-corrected chi connectivity index (χ2v) is 10.3. The van der Waals surface area contributed by atoms with Gasteiger partial charge in [-0.3, -0.25) is 9.59 Å². The van der Waals surface area contributed by atoms with Gasteiger partial charge in [0.05, 0.1) is 16.5 Å². The van der Waals surface area contributed by atoms with E-state index < -0.39 is 5.92 Å². The molecule has 1 atom stereocenters. The molecule has 1 unspecified atom stereocenters. The largest absolute Gasteiger partial charge is 0.489 e. The minimum absolute atomic E-state index is 0.120. The Balaban J connectivity index is 1.36. The monoisotopic (exact) mass is 486 g/mol. The van der Waals surface area contributed by atoms with Crippen LogP contribution in [0.1, 0.15) is 37.5 Å². The lowest BCUT2D eigenvalue weighted by atomic mass is 9.87. The molecule has 6 nitrogen and oxygen atoms in total. The Kier molecular flexibility index (Phi) is 7.17. The van der Waals surface area contributed by atoms with Gasteiger partial charge in [0.1, 0.15) is 18.6 Å². The molecule has 1 fully saturated rings. The summed E-state index contributed by atoms with van der Waals surface area (Å²) in [6.07, 6.45) is 6.76. The maximum absolute atomic E-state index is 12.3. The van der Waals surface area contributed by atoms with Gasteiger partial charge in [0.25, 0.3) is 5.91 Å². The highest BCUT2D eigenvalue weighted by Crippen LogP contribution is 2.28. The third kappa shape index (κ3) is 6.25. The average molecular weight is 487 g/mol. The number of ketones is 1. The molecule has 0 saturated carbocycles. The van der Waals surface area contributed by atoms with E-state index in [2.05, 4.69) is 55.3 Å². The lowest BCUT2D eigenvalue weighted by Crippen LogP contribution is -2.20. The van der Waals surface area contributed by atoms with Crippen molar-refractivity contribution in [2.75, 3.05) is 0 Å². The zero-order valence-electron chi connectivity index (χ0n) is 19.8. The Morgan fingerprint density at radius 3 is 2.40 bits per heavy atom. The Morgan fingerprint density at radius 1 is 1.06 bits per heavy atom. The van der Waals surface area contributed by atoms with Crippen LogP contribution in [0.5, 0.6) is 5.75 Å². The number of aldehydes is 1. The second kappa shape index (κ2) is 10.3. The SMILES string of the molecule is CC(C)(C)c1ccc(COc2ccc(C=C3SC(=NC4=CC(=O)C(C=O)C=C4)NC3=O)cc2)cc1. The van der Waals surface area contributed by atoms with Gasteiger partial charge in [0, 0.05) is 6.08 Å². The van der Waals surface area contributed by atoms with Crippen LogP contribution >= 0.6 is 11.8 Å². The van der Waals surface area contributed by atoms with Crippen molar-refractivity contribution in [3.63, 3.8) is 0 Å². The van der Waals surface area contributed by atoms with Crippen LogP contribution in [-0.2, 0) is 26.4 Å². The highest BCUT2D eigenvalue weighted by atomic mass is 32.2. The first kappa shape index (κ1) is 24.4. The average Bonchev–Trinajstić information content (AvgIpc) is 3.16. The van der Waals surface area contributed by atoms with Gasteiger partial charge >= 0.3 is 0 Å². The Bertz CT molecular complexity index is 1260.